The second-order valence-corrected chi connectivity index (χ2v) is 7.18. The quantitative estimate of drug-likeness (QED) is 0.685. The Morgan fingerprint density at radius 2 is 2.04 bits per heavy atom. The van der Waals surface area contributed by atoms with Gasteiger partial charge in [0.2, 0.25) is 0 Å². The number of aryl methyl sites for hydroxylation is 2. The number of ketones is 1. The van der Waals surface area contributed by atoms with Crippen LogP contribution in [0.15, 0.2) is 18.2 Å². The third kappa shape index (κ3) is 2.62. The van der Waals surface area contributed by atoms with Gasteiger partial charge in [0, 0.05) is 5.56 Å². The van der Waals surface area contributed by atoms with Gasteiger partial charge in [0.15, 0.2) is 5.78 Å². The number of carbonyl (C=O) groups excluding carboxylic acids is 3. The molecule has 3 rings (SSSR count). The lowest BCUT2D eigenvalue weighted by Crippen LogP contribution is -2.54. The first-order chi connectivity index (χ1) is 11.3. The molecule has 1 heterocycles. The molecule has 2 aliphatic rings. The molecule has 1 aliphatic heterocycles. The summed E-state index contributed by atoms with van der Waals surface area (Å²) in [5.41, 5.74) is 1.71. The van der Waals surface area contributed by atoms with Crippen molar-refractivity contribution in [3.05, 3.63) is 34.9 Å². The highest BCUT2D eigenvalue weighted by Gasteiger charge is 2.55. The first-order valence-electron chi connectivity index (χ1n) is 8.60. The first-order valence-corrected chi connectivity index (χ1v) is 8.60. The summed E-state index contributed by atoms with van der Waals surface area (Å²) in [7, 11) is 0. The number of benzene rings is 1. The van der Waals surface area contributed by atoms with Gasteiger partial charge in [-0.25, -0.2) is 4.79 Å². The fourth-order valence-electron chi connectivity index (χ4n) is 3.99. The number of hydrogen-bond donors (Lipinski definition) is 1. The molecule has 1 aliphatic carbocycles. The van der Waals surface area contributed by atoms with Gasteiger partial charge in [0.1, 0.15) is 5.54 Å². The molecule has 1 spiro atoms. The van der Waals surface area contributed by atoms with Crippen molar-refractivity contribution in [1.29, 1.82) is 0 Å². The fourth-order valence-corrected chi connectivity index (χ4v) is 3.99. The van der Waals surface area contributed by atoms with Crippen LogP contribution in [-0.4, -0.2) is 34.7 Å². The molecule has 1 saturated heterocycles. The summed E-state index contributed by atoms with van der Waals surface area (Å²) in [6.45, 7) is 5.65. The highest BCUT2D eigenvalue weighted by atomic mass is 16.2. The van der Waals surface area contributed by atoms with Gasteiger partial charge in [-0.1, -0.05) is 43.5 Å². The van der Waals surface area contributed by atoms with Crippen molar-refractivity contribution in [2.45, 2.75) is 52.0 Å². The van der Waals surface area contributed by atoms with E-state index in [-0.39, 0.29) is 24.2 Å². The molecule has 2 fully saturated rings. The van der Waals surface area contributed by atoms with E-state index in [0.717, 1.165) is 35.3 Å². The summed E-state index contributed by atoms with van der Waals surface area (Å²) in [6.07, 6.45) is 3.58. The van der Waals surface area contributed by atoms with Crippen LogP contribution in [0, 0.1) is 19.8 Å². The van der Waals surface area contributed by atoms with Crippen LogP contribution in [-0.2, 0) is 4.79 Å². The number of urea groups is 1. The molecule has 1 aromatic carbocycles. The molecule has 0 aromatic heterocycles. The number of carbonyl (C=O) groups is 3. The van der Waals surface area contributed by atoms with Crippen LogP contribution in [0.1, 0.15) is 54.1 Å². The van der Waals surface area contributed by atoms with Crippen LogP contribution >= 0.6 is 0 Å². The minimum atomic E-state index is -0.808. The monoisotopic (exact) mass is 328 g/mol. The Hall–Kier alpha value is -2.17. The third-order valence-electron chi connectivity index (χ3n) is 5.49. The maximum absolute atomic E-state index is 12.9. The molecule has 1 N–H and O–H groups in total. The fraction of sp³-hybridized carbons (Fsp3) is 0.526. The summed E-state index contributed by atoms with van der Waals surface area (Å²) in [5, 5.41) is 2.88. The largest absolute Gasteiger partial charge is 0.325 e. The first kappa shape index (κ1) is 16.7. The molecule has 128 valence electrons. The zero-order chi connectivity index (χ0) is 17.5. The highest BCUT2D eigenvalue weighted by molar-refractivity contribution is 6.11. The maximum Gasteiger partial charge on any atom is 0.325 e. The van der Waals surface area contributed by atoms with E-state index in [9.17, 15) is 14.4 Å². The number of imide groups is 1. The van der Waals surface area contributed by atoms with E-state index in [2.05, 4.69) is 5.32 Å². The smallest absolute Gasteiger partial charge is 0.323 e. The second-order valence-electron chi connectivity index (χ2n) is 7.18. The van der Waals surface area contributed by atoms with Crippen molar-refractivity contribution < 1.29 is 14.4 Å². The molecule has 5 heteroatoms. The van der Waals surface area contributed by atoms with Gasteiger partial charge < -0.3 is 5.32 Å². The van der Waals surface area contributed by atoms with Gasteiger partial charge in [-0.05, 0) is 38.2 Å². The number of hydrogen-bond acceptors (Lipinski definition) is 3. The van der Waals surface area contributed by atoms with Crippen molar-refractivity contribution in [2.75, 3.05) is 6.54 Å². The maximum atomic E-state index is 12.9. The molecular weight excluding hydrogens is 304 g/mol. The molecule has 24 heavy (non-hydrogen) atoms. The van der Waals surface area contributed by atoms with E-state index in [4.69, 9.17) is 0 Å². The zero-order valence-corrected chi connectivity index (χ0v) is 14.5. The molecular formula is C19H24N2O3. The highest BCUT2D eigenvalue weighted by Crippen LogP contribution is 2.38. The van der Waals surface area contributed by atoms with E-state index in [1.54, 1.807) is 6.07 Å². The number of nitrogens with zero attached hydrogens (tertiary/aromatic N) is 1. The lowest BCUT2D eigenvalue weighted by molar-refractivity contribution is -0.133. The Bertz CT molecular complexity index is 713. The predicted octanol–water partition coefficient (Wildman–Crippen LogP) is 2.99. The summed E-state index contributed by atoms with van der Waals surface area (Å²) in [5.74, 6) is -0.335. The zero-order valence-electron chi connectivity index (χ0n) is 14.5. The molecule has 0 radical (unpaired) electrons. The minimum Gasteiger partial charge on any atom is -0.323 e. The van der Waals surface area contributed by atoms with Crippen LogP contribution < -0.4 is 5.32 Å². The van der Waals surface area contributed by atoms with Gasteiger partial charge in [-0.2, -0.15) is 0 Å². The topological polar surface area (TPSA) is 66.5 Å². The van der Waals surface area contributed by atoms with Crippen molar-refractivity contribution in [3.63, 3.8) is 0 Å². The van der Waals surface area contributed by atoms with Crippen LogP contribution in [0.3, 0.4) is 0 Å². The number of amides is 3. The third-order valence-corrected chi connectivity index (χ3v) is 5.49. The lowest BCUT2D eigenvalue weighted by atomic mass is 9.73. The van der Waals surface area contributed by atoms with E-state index < -0.39 is 11.6 Å². The number of rotatable bonds is 3. The second kappa shape index (κ2) is 6.04. The van der Waals surface area contributed by atoms with Gasteiger partial charge in [-0.15, -0.1) is 0 Å². The molecule has 0 bridgehead atoms. The predicted molar refractivity (Wildman–Crippen MR) is 90.9 cm³/mol. The van der Waals surface area contributed by atoms with Gasteiger partial charge in [0.25, 0.3) is 5.91 Å². The van der Waals surface area contributed by atoms with Crippen LogP contribution in [0.2, 0.25) is 0 Å². The van der Waals surface area contributed by atoms with Gasteiger partial charge in [-0.3, -0.25) is 14.5 Å². The van der Waals surface area contributed by atoms with Gasteiger partial charge in [0.05, 0.1) is 6.54 Å². The minimum absolute atomic E-state index is 0.101. The Morgan fingerprint density at radius 3 is 2.71 bits per heavy atom. The molecule has 1 aromatic rings. The number of nitrogens with one attached hydrogen (secondary N) is 1. The molecule has 2 atom stereocenters. The Labute approximate surface area is 142 Å². The van der Waals surface area contributed by atoms with E-state index in [0.29, 0.717) is 12.0 Å². The molecule has 5 nitrogen and oxygen atoms in total. The van der Waals surface area contributed by atoms with Crippen LogP contribution in [0.4, 0.5) is 4.79 Å². The van der Waals surface area contributed by atoms with Crippen molar-refractivity contribution in [1.82, 2.24) is 10.2 Å². The summed E-state index contributed by atoms with van der Waals surface area (Å²) < 4.78 is 0. The molecule has 3 amide bonds. The van der Waals surface area contributed by atoms with E-state index in [1.165, 1.54) is 0 Å². The van der Waals surface area contributed by atoms with Gasteiger partial charge >= 0.3 is 6.03 Å². The normalized spacial score (nSPS) is 26.8. The molecule has 1 saturated carbocycles. The van der Waals surface area contributed by atoms with E-state index >= 15 is 0 Å². The van der Waals surface area contributed by atoms with Crippen LogP contribution in [0.5, 0.6) is 0 Å². The Kier molecular flexibility index (Phi) is 4.20. The average Bonchev–Trinajstić information content (AvgIpc) is 2.75. The summed E-state index contributed by atoms with van der Waals surface area (Å²) >= 11 is 0. The summed E-state index contributed by atoms with van der Waals surface area (Å²) in [6, 6.07) is 5.14. The van der Waals surface area contributed by atoms with E-state index in [1.807, 2.05) is 32.9 Å². The van der Waals surface area contributed by atoms with Crippen molar-refractivity contribution >= 4 is 17.7 Å². The SMILES string of the molecule is Cc1ccc(C(=O)CN2C(=O)N[C@@]3(CCCC[C@H]3C)C2=O)c(C)c1. The Morgan fingerprint density at radius 1 is 1.29 bits per heavy atom. The molecule has 0 unspecified atom stereocenters. The Balaban J connectivity index is 1.81. The van der Waals surface area contributed by atoms with Crippen molar-refractivity contribution in [3.8, 4) is 0 Å². The standard InChI is InChI=1S/C19H24N2O3/c1-12-7-8-15(13(2)10-12)16(22)11-21-17(23)19(20-18(21)24)9-5-4-6-14(19)3/h7-8,10,14H,4-6,9,11H2,1-3H3,(H,20,24)/t14-,19-/m1/s1. The van der Waals surface area contributed by atoms with Crippen molar-refractivity contribution in [2.24, 2.45) is 5.92 Å². The van der Waals surface area contributed by atoms with Crippen LogP contribution in [0.25, 0.3) is 0 Å². The lowest BCUT2D eigenvalue weighted by Gasteiger charge is -2.36. The summed E-state index contributed by atoms with van der Waals surface area (Å²) in [4.78, 5) is 39.0. The number of Topliss-reactive ketones (excluding diaryl/α,β-unsaturated/α-hetero) is 1. The average molecular weight is 328 g/mol.